The first-order chi connectivity index (χ1) is 30.0. The first-order valence-corrected chi connectivity index (χ1v) is 25.8. The van der Waals surface area contributed by atoms with Crippen LogP contribution in [0.2, 0.25) is 0 Å². The highest BCUT2D eigenvalue weighted by molar-refractivity contribution is 5.71. The summed E-state index contributed by atoms with van der Waals surface area (Å²) in [7, 11) is 0. The molecule has 6 heteroatoms. The Morgan fingerprint density at radius 3 is 0.984 bits per heavy atom. The third kappa shape index (κ3) is 48.0. The van der Waals surface area contributed by atoms with Crippen LogP contribution in [-0.4, -0.2) is 37.2 Å². The Morgan fingerprint density at radius 1 is 0.344 bits per heavy atom. The minimum Gasteiger partial charge on any atom is -0.462 e. The predicted octanol–water partition coefficient (Wildman–Crippen LogP) is 16.9. The van der Waals surface area contributed by atoms with Crippen LogP contribution >= 0.6 is 0 Å². The molecule has 0 aliphatic rings. The molecule has 6 nitrogen and oxygen atoms in total. The van der Waals surface area contributed by atoms with Crippen LogP contribution in [0.3, 0.4) is 0 Å². The lowest BCUT2D eigenvalue weighted by atomic mass is 10.0. The van der Waals surface area contributed by atoms with E-state index in [1.807, 2.05) is 0 Å². The molecule has 0 N–H and O–H groups in total. The van der Waals surface area contributed by atoms with Gasteiger partial charge < -0.3 is 14.2 Å². The van der Waals surface area contributed by atoms with Crippen molar-refractivity contribution in [2.24, 2.45) is 0 Å². The molecule has 352 valence electrons. The fourth-order valence-electron chi connectivity index (χ4n) is 7.18. The van der Waals surface area contributed by atoms with Crippen LogP contribution in [0.4, 0.5) is 0 Å². The summed E-state index contributed by atoms with van der Waals surface area (Å²) in [6, 6.07) is 0. The van der Waals surface area contributed by atoms with Crippen LogP contribution < -0.4 is 0 Å². The van der Waals surface area contributed by atoms with Crippen LogP contribution in [0.15, 0.2) is 60.8 Å². The lowest BCUT2D eigenvalue weighted by Crippen LogP contribution is -2.30. The molecule has 0 spiro atoms. The van der Waals surface area contributed by atoms with Gasteiger partial charge in [0.2, 0.25) is 0 Å². The highest BCUT2D eigenvalue weighted by Gasteiger charge is 2.19. The smallest absolute Gasteiger partial charge is 0.306 e. The van der Waals surface area contributed by atoms with Crippen LogP contribution in [0.25, 0.3) is 0 Å². The van der Waals surface area contributed by atoms with E-state index in [1.54, 1.807) is 0 Å². The predicted molar refractivity (Wildman–Crippen MR) is 261 cm³/mol. The van der Waals surface area contributed by atoms with E-state index in [2.05, 4.69) is 81.5 Å². The van der Waals surface area contributed by atoms with Crippen LogP contribution in [0.5, 0.6) is 0 Å². The Hall–Kier alpha value is -2.89. The number of esters is 3. The summed E-state index contributed by atoms with van der Waals surface area (Å²) in [6.45, 7) is 6.48. The molecule has 0 unspecified atom stereocenters. The van der Waals surface area contributed by atoms with Gasteiger partial charge >= 0.3 is 17.9 Å². The van der Waals surface area contributed by atoms with Crippen molar-refractivity contribution in [2.75, 3.05) is 13.2 Å². The lowest BCUT2D eigenvalue weighted by Gasteiger charge is -2.18. The van der Waals surface area contributed by atoms with Gasteiger partial charge in [-0.15, -0.1) is 0 Å². The van der Waals surface area contributed by atoms with Crippen LogP contribution in [0.1, 0.15) is 252 Å². The number of carbonyl (C=O) groups is 3. The number of carbonyl (C=O) groups excluding carboxylic acids is 3. The van der Waals surface area contributed by atoms with Crippen LogP contribution in [0, 0.1) is 0 Å². The van der Waals surface area contributed by atoms with Crippen molar-refractivity contribution >= 4 is 17.9 Å². The Balaban J connectivity index is 4.44. The second-order valence-corrected chi connectivity index (χ2v) is 17.1. The minimum absolute atomic E-state index is 0.0934. The van der Waals surface area contributed by atoms with E-state index >= 15 is 0 Å². The number of rotatable bonds is 46. The molecular formula is C55H96O6. The zero-order valence-corrected chi connectivity index (χ0v) is 40.2. The van der Waals surface area contributed by atoms with Gasteiger partial charge in [-0.1, -0.05) is 236 Å². The van der Waals surface area contributed by atoms with Gasteiger partial charge in [0.15, 0.2) is 6.10 Å². The SMILES string of the molecule is CC/C=C\C/C=C\C/C=C\C/C=C\C/C=C\CCCC(=O)O[C@@H](COC(=O)CCCCCCCCCCCCC)COC(=O)CCCCCCCCCCCCCCCCC. The summed E-state index contributed by atoms with van der Waals surface area (Å²) in [4.78, 5) is 37.9. The van der Waals surface area contributed by atoms with Crippen LogP contribution in [-0.2, 0) is 28.6 Å². The molecule has 0 rings (SSSR count). The van der Waals surface area contributed by atoms with Gasteiger partial charge in [0, 0.05) is 19.3 Å². The largest absolute Gasteiger partial charge is 0.462 e. The maximum atomic E-state index is 12.8. The Morgan fingerprint density at radius 2 is 0.639 bits per heavy atom. The van der Waals surface area contributed by atoms with Crippen molar-refractivity contribution in [1.29, 1.82) is 0 Å². The maximum absolute atomic E-state index is 12.8. The fourth-order valence-corrected chi connectivity index (χ4v) is 7.18. The second-order valence-electron chi connectivity index (χ2n) is 17.1. The molecule has 0 aromatic heterocycles. The number of ether oxygens (including phenoxy) is 3. The first-order valence-electron chi connectivity index (χ1n) is 25.8. The van der Waals surface area contributed by atoms with Gasteiger partial charge in [-0.3, -0.25) is 14.4 Å². The van der Waals surface area contributed by atoms with Crippen molar-refractivity contribution in [3.05, 3.63) is 60.8 Å². The molecule has 0 aromatic carbocycles. The third-order valence-corrected chi connectivity index (χ3v) is 11.0. The summed E-state index contributed by atoms with van der Waals surface area (Å²) < 4.78 is 16.7. The number of hydrogen-bond donors (Lipinski definition) is 0. The quantitative estimate of drug-likeness (QED) is 0.0263. The monoisotopic (exact) mass is 853 g/mol. The molecule has 0 bridgehead atoms. The normalized spacial score (nSPS) is 12.5. The van der Waals surface area contributed by atoms with Gasteiger partial charge in [-0.25, -0.2) is 0 Å². The molecule has 0 fully saturated rings. The number of allylic oxidation sites excluding steroid dienone is 10. The molecule has 0 amide bonds. The van der Waals surface area contributed by atoms with Gasteiger partial charge in [-0.2, -0.15) is 0 Å². The lowest BCUT2D eigenvalue weighted by molar-refractivity contribution is -0.167. The molecule has 0 radical (unpaired) electrons. The van der Waals surface area contributed by atoms with E-state index in [4.69, 9.17) is 14.2 Å². The summed E-state index contributed by atoms with van der Waals surface area (Å²) in [5.41, 5.74) is 0. The first kappa shape index (κ1) is 58.1. The molecule has 0 saturated carbocycles. The Kier molecular flexibility index (Phi) is 47.4. The number of hydrogen-bond acceptors (Lipinski definition) is 6. The highest BCUT2D eigenvalue weighted by Crippen LogP contribution is 2.15. The molecule has 0 aromatic rings. The van der Waals surface area contributed by atoms with Gasteiger partial charge in [0.25, 0.3) is 0 Å². The van der Waals surface area contributed by atoms with Gasteiger partial charge in [0.05, 0.1) is 0 Å². The van der Waals surface area contributed by atoms with Crippen molar-refractivity contribution in [3.63, 3.8) is 0 Å². The zero-order valence-electron chi connectivity index (χ0n) is 40.2. The highest BCUT2D eigenvalue weighted by atomic mass is 16.6. The zero-order chi connectivity index (χ0) is 44.4. The second kappa shape index (κ2) is 49.8. The van der Waals surface area contributed by atoms with Crippen molar-refractivity contribution < 1.29 is 28.6 Å². The van der Waals surface area contributed by atoms with E-state index in [9.17, 15) is 14.4 Å². The average molecular weight is 853 g/mol. The molecular weight excluding hydrogens is 757 g/mol. The summed E-state index contributed by atoms with van der Waals surface area (Å²) >= 11 is 0. The van der Waals surface area contributed by atoms with E-state index < -0.39 is 6.10 Å². The van der Waals surface area contributed by atoms with Crippen molar-refractivity contribution in [3.8, 4) is 0 Å². The molecule has 0 saturated heterocycles. The van der Waals surface area contributed by atoms with E-state index in [0.717, 1.165) is 77.0 Å². The van der Waals surface area contributed by atoms with E-state index in [-0.39, 0.29) is 37.5 Å². The van der Waals surface area contributed by atoms with Crippen molar-refractivity contribution in [1.82, 2.24) is 0 Å². The maximum Gasteiger partial charge on any atom is 0.306 e. The standard InChI is InChI=1S/C55H96O6/c1-4-7-10-13-16-19-22-24-26-27-29-31-34-37-40-43-46-49-55(58)61-52(50-59-53(56)47-44-41-38-35-32-21-18-15-12-9-6-3)51-60-54(57)48-45-42-39-36-33-30-28-25-23-20-17-14-11-8-5-2/h7,10,16,19,24,26,29,31,37,40,52H,4-6,8-9,11-15,17-18,20-23,25,27-28,30,32-36,38-39,41-51H2,1-3H3/b10-7-,19-16-,26-24-,31-29-,40-37-/t52-/m0/s1. The molecule has 61 heavy (non-hydrogen) atoms. The average Bonchev–Trinajstić information content (AvgIpc) is 3.26. The van der Waals surface area contributed by atoms with E-state index in [1.165, 1.54) is 128 Å². The topological polar surface area (TPSA) is 78.9 Å². The number of unbranched alkanes of at least 4 members (excludes halogenated alkanes) is 25. The van der Waals surface area contributed by atoms with Crippen molar-refractivity contribution in [2.45, 2.75) is 258 Å². The Bertz CT molecular complexity index is 1120. The third-order valence-electron chi connectivity index (χ3n) is 11.0. The molecule has 0 heterocycles. The van der Waals surface area contributed by atoms with E-state index in [0.29, 0.717) is 19.3 Å². The summed E-state index contributed by atoms with van der Waals surface area (Å²) in [5.74, 6) is -0.946. The molecule has 0 aliphatic heterocycles. The Labute approximate surface area is 377 Å². The molecule has 1 atom stereocenters. The minimum atomic E-state index is -0.799. The van der Waals surface area contributed by atoms with Gasteiger partial charge in [0.1, 0.15) is 13.2 Å². The summed E-state index contributed by atoms with van der Waals surface area (Å²) in [5, 5.41) is 0. The summed E-state index contributed by atoms with van der Waals surface area (Å²) in [6.07, 6.45) is 60.7. The van der Waals surface area contributed by atoms with Gasteiger partial charge in [-0.05, 0) is 57.8 Å². The molecule has 0 aliphatic carbocycles. The fraction of sp³-hybridized carbons (Fsp3) is 0.764.